The first-order valence-corrected chi connectivity index (χ1v) is 9.10. The number of carbonyl (C=O) groups is 1. The number of nitrogens with two attached hydrogens (primary N) is 1. The van der Waals surface area contributed by atoms with Crippen molar-refractivity contribution in [1.82, 2.24) is 4.98 Å². The Kier molecular flexibility index (Phi) is 5.89. The number of ether oxygens (including phenoxy) is 1. The van der Waals surface area contributed by atoms with Crippen LogP contribution in [0.15, 0.2) is 54.6 Å². The second-order valence-electron chi connectivity index (χ2n) is 6.48. The molecular formula is C21H17ClF3N3O2. The zero-order chi connectivity index (χ0) is 22.1. The number of aromatic nitrogens is 1. The maximum atomic E-state index is 13.0. The van der Waals surface area contributed by atoms with Gasteiger partial charge in [0, 0.05) is 24.0 Å². The zero-order valence-corrected chi connectivity index (χ0v) is 16.8. The number of amides is 1. The molecule has 3 rings (SSSR count). The number of rotatable bonds is 3. The van der Waals surface area contributed by atoms with Crippen LogP contribution in [0.25, 0.3) is 11.1 Å². The van der Waals surface area contributed by atoms with Crippen LogP contribution in [0, 0.1) is 6.92 Å². The third kappa shape index (κ3) is 4.65. The molecule has 0 aliphatic carbocycles. The van der Waals surface area contributed by atoms with Crippen LogP contribution in [-0.4, -0.2) is 18.1 Å². The summed E-state index contributed by atoms with van der Waals surface area (Å²) in [5.74, 6) is 0.655. The number of hydrogen-bond acceptors (Lipinski definition) is 4. The van der Waals surface area contributed by atoms with Crippen LogP contribution in [0.1, 0.15) is 11.3 Å². The third-order valence-corrected chi connectivity index (χ3v) is 4.72. The van der Waals surface area contributed by atoms with E-state index >= 15 is 0 Å². The first kappa shape index (κ1) is 21.4. The van der Waals surface area contributed by atoms with Crippen molar-refractivity contribution < 1.29 is 22.7 Å². The van der Waals surface area contributed by atoms with Gasteiger partial charge in [-0.1, -0.05) is 23.7 Å². The van der Waals surface area contributed by atoms with Gasteiger partial charge in [0.1, 0.15) is 11.6 Å². The number of nitrogen functional groups attached to an aromatic ring is 1. The molecule has 1 heterocycles. The summed E-state index contributed by atoms with van der Waals surface area (Å²) in [6, 6.07) is 13.4. The van der Waals surface area contributed by atoms with Gasteiger partial charge in [-0.2, -0.15) is 13.2 Å². The predicted molar refractivity (Wildman–Crippen MR) is 110 cm³/mol. The molecule has 2 aromatic carbocycles. The van der Waals surface area contributed by atoms with Gasteiger partial charge in [-0.15, -0.1) is 0 Å². The van der Waals surface area contributed by atoms with Crippen molar-refractivity contribution in [2.75, 3.05) is 17.7 Å². The van der Waals surface area contributed by atoms with Gasteiger partial charge < -0.3 is 10.5 Å². The molecule has 0 aliphatic heterocycles. The molecule has 0 saturated heterocycles. The lowest BCUT2D eigenvalue weighted by Crippen LogP contribution is -2.29. The number of carbonyl (C=O) groups excluding carboxylic acids is 1. The van der Waals surface area contributed by atoms with Gasteiger partial charge in [0.05, 0.1) is 10.6 Å². The molecule has 0 unspecified atom stereocenters. The summed E-state index contributed by atoms with van der Waals surface area (Å²) >= 11 is 5.61. The van der Waals surface area contributed by atoms with Gasteiger partial charge >= 0.3 is 12.3 Å². The first-order valence-electron chi connectivity index (χ1n) is 8.72. The molecule has 0 fully saturated rings. The Morgan fingerprint density at radius 3 is 2.37 bits per heavy atom. The molecule has 1 amide bonds. The topological polar surface area (TPSA) is 68.5 Å². The van der Waals surface area contributed by atoms with E-state index in [-0.39, 0.29) is 11.4 Å². The maximum Gasteiger partial charge on any atom is 0.419 e. The highest BCUT2D eigenvalue weighted by atomic mass is 35.5. The molecule has 30 heavy (non-hydrogen) atoms. The molecule has 0 atom stereocenters. The summed E-state index contributed by atoms with van der Waals surface area (Å²) in [6.07, 6.45) is -5.48. The minimum Gasteiger partial charge on any atom is -0.410 e. The molecular weight excluding hydrogens is 419 g/mol. The van der Waals surface area contributed by atoms with Gasteiger partial charge in [-0.3, -0.25) is 4.90 Å². The second kappa shape index (κ2) is 8.23. The third-order valence-electron chi connectivity index (χ3n) is 4.39. The molecule has 0 radical (unpaired) electrons. The highest BCUT2D eigenvalue weighted by Gasteiger charge is 2.34. The Balaban J connectivity index is 1.76. The molecule has 0 saturated carbocycles. The average Bonchev–Trinajstić information content (AvgIpc) is 2.68. The van der Waals surface area contributed by atoms with E-state index in [1.165, 1.54) is 13.1 Å². The number of halogens is 4. The van der Waals surface area contributed by atoms with E-state index in [4.69, 9.17) is 22.1 Å². The standard InChI is InChI=1S/C21H17ClF3N3O2/c1-12-16(8-10-19(26)27-12)13-3-6-15(7-4-13)30-20(29)28(2)14-5-9-18(22)17(11-14)21(23,24)25/h3-11H,1-2H3,(H2,26,27). The summed E-state index contributed by atoms with van der Waals surface area (Å²) in [7, 11) is 1.31. The SMILES string of the molecule is Cc1nc(N)ccc1-c1ccc(OC(=O)N(C)c2ccc(Cl)c(C(F)(F)F)c2)cc1. The van der Waals surface area contributed by atoms with E-state index in [0.29, 0.717) is 5.82 Å². The van der Waals surface area contributed by atoms with Crippen molar-refractivity contribution in [2.24, 2.45) is 0 Å². The fourth-order valence-corrected chi connectivity index (χ4v) is 3.03. The average molecular weight is 436 g/mol. The lowest BCUT2D eigenvalue weighted by atomic mass is 10.0. The molecule has 1 aromatic heterocycles. The smallest absolute Gasteiger partial charge is 0.410 e. The fourth-order valence-electron chi connectivity index (χ4n) is 2.80. The summed E-state index contributed by atoms with van der Waals surface area (Å²) in [5, 5.41) is -0.448. The highest BCUT2D eigenvalue weighted by Crippen LogP contribution is 2.37. The predicted octanol–water partition coefficient (Wildman–Crippen LogP) is 5.95. The van der Waals surface area contributed by atoms with Crippen molar-refractivity contribution >= 4 is 29.2 Å². The molecule has 9 heteroatoms. The van der Waals surface area contributed by atoms with Gasteiger partial charge in [0.15, 0.2) is 0 Å². The Bertz CT molecular complexity index is 1090. The van der Waals surface area contributed by atoms with Crippen molar-refractivity contribution in [3.05, 3.63) is 70.9 Å². The van der Waals surface area contributed by atoms with E-state index in [9.17, 15) is 18.0 Å². The van der Waals surface area contributed by atoms with E-state index in [0.717, 1.165) is 33.9 Å². The Hall–Kier alpha value is -3.26. The Morgan fingerprint density at radius 1 is 1.10 bits per heavy atom. The van der Waals surface area contributed by atoms with Gasteiger partial charge in [-0.05, 0) is 55.0 Å². The number of alkyl halides is 3. The highest BCUT2D eigenvalue weighted by molar-refractivity contribution is 6.31. The molecule has 0 aliphatic rings. The second-order valence-corrected chi connectivity index (χ2v) is 6.89. The van der Waals surface area contributed by atoms with Crippen LogP contribution in [0.5, 0.6) is 5.75 Å². The largest absolute Gasteiger partial charge is 0.419 e. The maximum absolute atomic E-state index is 13.0. The molecule has 3 aromatic rings. The molecule has 2 N–H and O–H groups in total. The van der Waals surface area contributed by atoms with Crippen LogP contribution in [0.3, 0.4) is 0 Å². The summed E-state index contributed by atoms with van der Waals surface area (Å²) in [4.78, 5) is 17.5. The van der Waals surface area contributed by atoms with Crippen LogP contribution >= 0.6 is 11.6 Å². The molecule has 0 bridgehead atoms. The minimum absolute atomic E-state index is 0.00285. The molecule has 0 spiro atoms. The summed E-state index contributed by atoms with van der Waals surface area (Å²) in [5.41, 5.74) is 7.10. The monoisotopic (exact) mass is 435 g/mol. The number of aryl methyl sites for hydroxylation is 1. The quantitative estimate of drug-likeness (QED) is 0.552. The zero-order valence-electron chi connectivity index (χ0n) is 16.0. The van der Waals surface area contributed by atoms with Crippen molar-refractivity contribution in [2.45, 2.75) is 13.1 Å². The van der Waals surface area contributed by atoms with E-state index in [2.05, 4.69) is 4.98 Å². The van der Waals surface area contributed by atoms with Crippen molar-refractivity contribution in [3.8, 4) is 16.9 Å². The molecule has 156 valence electrons. The van der Waals surface area contributed by atoms with Crippen molar-refractivity contribution in [1.29, 1.82) is 0 Å². The van der Waals surface area contributed by atoms with Crippen LogP contribution in [-0.2, 0) is 6.18 Å². The van der Waals surface area contributed by atoms with Gasteiger partial charge in [0.25, 0.3) is 0 Å². The number of nitrogens with zero attached hydrogens (tertiary/aromatic N) is 2. The lowest BCUT2D eigenvalue weighted by Gasteiger charge is -2.19. The number of hydrogen-bond donors (Lipinski definition) is 1. The summed E-state index contributed by atoms with van der Waals surface area (Å²) < 4.78 is 44.4. The van der Waals surface area contributed by atoms with E-state index in [1.54, 1.807) is 30.3 Å². The fraction of sp³-hybridized carbons (Fsp3) is 0.143. The van der Waals surface area contributed by atoms with E-state index < -0.39 is 22.9 Å². The van der Waals surface area contributed by atoms with Gasteiger partial charge in [-0.25, -0.2) is 9.78 Å². The minimum atomic E-state index is -4.64. The molecule has 5 nitrogen and oxygen atoms in total. The van der Waals surface area contributed by atoms with Crippen LogP contribution < -0.4 is 15.4 Å². The van der Waals surface area contributed by atoms with Gasteiger partial charge in [0.2, 0.25) is 0 Å². The number of pyridine rings is 1. The number of anilines is 2. The first-order chi connectivity index (χ1) is 14.1. The Labute approximate surface area is 175 Å². The lowest BCUT2D eigenvalue weighted by molar-refractivity contribution is -0.137. The van der Waals surface area contributed by atoms with Crippen molar-refractivity contribution in [3.63, 3.8) is 0 Å². The summed E-state index contributed by atoms with van der Waals surface area (Å²) in [6.45, 7) is 1.83. The Morgan fingerprint density at radius 2 is 1.77 bits per heavy atom. The van der Waals surface area contributed by atoms with Crippen LogP contribution in [0.2, 0.25) is 5.02 Å². The van der Waals surface area contributed by atoms with E-state index in [1.807, 2.05) is 13.0 Å². The normalized spacial score (nSPS) is 11.3. The van der Waals surface area contributed by atoms with Crippen LogP contribution in [0.4, 0.5) is 29.5 Å². The number of benzene rings is 2.